The summed E-state index contributed by atoms with van der Waals surface area (Å²) >= 11 is 0. The van der Waals surface area contributed by atoms with Crippen molar-refractivity contribution in [1.82, 2.24) is 10.2 Å². The van der Waals surface area contributed by atoms with Gasteiger partial charge in [0.1, 0.15) is 0 Å². The van der Waals surface area contributed by atoms with Gasteiger partial charge in [0.05, 0.1) is 0 Å². The zero-order valence-electron chi connectivity index (χ0n) is 11.0. The number of nitrogens with one attached hydrogen (secondary N) is 1. The first-order chi connectivity index (χ1) is 7.75. The van der Waals surface area contributed by atoms with Gasteiger partial charge in [0.15, 0.2) is 0 Å². The molecule has 94 valence electrons. The van der Waals surface area contributed by atoms with Crippen LogP contribution >= 0.6 is 0 Å². The van der Waals surface area contributed by atoms with Crippen LogP contribution in [0.4, 0.5) is 0 Å². The van der Waals surface area contributed by atoms with Gasteiger partial charge in [-0.2, -0.15) is 0 Å². The molecule has 0 bridgehead atoms. The SMILES string of the molecule is CC(C)N1CCC(CNCC2CCCC2)C1. The smallest absolute Gasteiger partial charge is 0.00387 e. The predicted octanol–water partition coefficient (Wildman–Crippen LogP) is 2.50. The maximum Gasteiger partial charge on any atom is 0.00387 e. The Hall–Kier alpha value is -0.0800. The van der Waals surface area contributed by atoms with Crippen molar-refractivity contribution in [3.63, 3.8) is 0 Å². The fourth-order valence-electron chi connectivity index (χ4n) is 3.20. The van der Waals surface area contributed by atoms with Crippen molar-refractivity contribution in [2.75, 3.05) is 26.2 Å². The normalized spacial score (nSPS) is 28.3. The molecular formula is C14H28N2. The third-order valence-electron chi connectivity index (χ3n) is 4.39. The van der Waals surface area contributed by atoms with Crippen LogP contribution in [0.25, 0.3) is 0 Å². The third-order valence-corrected chi connectivity index (χ3v) is 4.39. The van der Waals surface area contributed by atoms with E-state index < -0.39 is 0 Å². The van der Waals surface area contributed by atoms with Crippen LogP contribution in [-0.2, 0) is 0 Å². The summed E-state index contributed by atoms with van der Waals surface area (Å²) in [6.07, 6.45) is 7.27. The molecule has 1 saturated heterocycles. The standard InChI is InChI=1S/C14H28N2/c1-12(2)16-8-7-14(11-16)10-15-9-13-5-3-4-6-13/h12-15H,3-11H2,1-2H3. The highest BCUT2D eigenvalue weighted by atomic mass is 15.2. The lowest BCUT2D eigenvalue weighted by Gasteiger charge is -2.20. The van der Waals surface area contributed by atoms with Crippen molar-refractivity contribution in [3.05, 3.63) is 0 Å². The van der Waals surface area contributed by atoms with E-state index in [0.717, 1.165) is 17.9 Å². The lowest BCUT2D eigenvalue weighted by atomic mass is 10.1. The first-order valence-electron chi connectivity index (χ1n) is 7.20. The molecule has 2 fully saturated rings. The van der Waals surface area contributed by atoms with Crippen LogP contribution in [0.1, 0.15) is 46.0 Å². The van der Waals surface area contributed by atoms with Gasteiger partial charge in [-0.25, -0.2) is 0 Å². The number of nitrogens with zero attached hydrogens (tertiary/aromatic N) is 1. The third kappa shape index (κ3) is 3.46. The lowest BCUT2D eigenvalue weighted by Crippen LogP contribution is -2.32. The van der Waals surface area contributed by atoms with E-state index in [1.165, 1.54) is 58.3 Å². The fraction of sp³-hybridized carbons (Fsp3) is 1.00. The molecule has 1 saturated carbocycles. The Balaban J connectivity index is 1.57. The largest absolute Gasteiger partial charge is 0.316 e. The average molecular weight is 224 g/mol. The van der Waals surface area contributed by atoms with Crippen molar-refractivity contribution in [2.45, 2.75) is 52.0 Å². The summed E-state index contributed by atoms with van der Waals surface area (Å²) in [7, 11) is 0. The second-order valence-corrected chi connectivity index (χ2v) is 6.05. The lowest BCUT2D eigenvalue weighted by molar-refractivity contribution is 0.263. The minimum absolute atomic E-state index is 0.736. The summed E-state index contributed by atoms with van der Waals surface area (Å²) in [4.78, 5) is 2.61. The van der Waals surface area contributed by atoms with Gasteiger partial charge in [-0.05, 0) is 64.6 Å². The average Bonchev–Trinajstić information content (AvgIpc) is 2.87. The summed E-state index contributed by atoms with van der Waals surface area (Å²) in [6, 6.07) is 0.736. The molecule has 2 heteroatoms. The molecule has 16 heavy (non-hydrogen) atoms. The quantitative estimate of drug-likeness (QED) is 0.772. The fourth-order valence-corrected chi connectivity index (χ4v) is 3.20. The van der Waals surface area contributed by atoms with Gasteiger partial charge in [0.25, 0.3) is 0 Å². The second kappa shape index (κ2) is 6.02. The monoisotopic (exact) mass is 224 g/mol. The van der Waals surface area contributed by atoms with Crippen molar-refractivity contribution in [3.8, 4) is 0 Å². The van der Waals surface area contributed by atoms with Crippen molar-refractivity contribution in [1.29, 1.82) is 0 Å². The maximum absolute atomic E-state index is 3.70. The van der Waals surface area contributed by atoms with E-state index in [1.807, 2.05) is 0 Å². The highest BCUT2D eigenvalue weighted by Crippen LogP contribution is 2.24. The van der Waals surface area contributed by atoms with E-state index in [4.69, 9.17) is 0 Å². The summed E-state index contributed by atoms with van der Waals surface area (Å²) in [5, 5.41) is 3.70. The van der Waals surface area contributed by atoms with E-state index in [2.05, 4.69) is 24.1 Å². The Bertz CT molecular complexity index is 197. The zero-order chi connectivity index (χ0) is 11.4. The second-order valence-electron chi connectivity index (χ2n) is 6.05. The van der Waals surface area contributed by atoms with Crippen LogP contribution < -0.4 is 5.32 Å². The number of hydrogen-bond acceptors (Lipinski definition) is 2. The van der Waals surface area contributed by atoms with Crippen LogP contribution in [0.5, 0.6) is 0 Å². The Morgan fingerprint density at radius 2 is 1.75 bits per heavy atom. The van der Waals surface area contributed by atoms with E-state index in [1.54, 1.807) is 0 Å². The highest BCUT2D eigenvalue weighted by molar-refractivity contribution is 4.79. The number of rotatable bonds is 5. The van der Waals surface area contributed by atoms with E-state index in [-0.39, 0.29) is 0 Å². The molecule has 2 nitrogen and oxygen atoms in total. The van der Waals surface area contributed by atoms with Gasteiger partial charge in [-0.15, -0.1) is 0 Å². The van der Waals surface area contributed by atoms with Crippen molar-refractivity contribution in [2.24, 2.45) is 11.8 Å². The molecule has 0 amide bonds. The van der Waals surface area contributed by atoms with Gasteiger partial charge < -0.3 is 10.2 Å². The first-order valence-corrected chi connectivity index (χ1v) is 7.20. The molecule has 1 unspecified atom stereocenters. The minimum atomic E-state index is 0.736. The van der Waals surface area contributed by atoms with Crippen LogP contribution in [0.3, 0.4) is 0 Å². The molecule has 1 aliphatic carbocycles. The highest BCUT2D eigenvalue weighted by Gasteiger charge is 2.24. The summed E-state index contributed by atoms with van der Waals surface area (Å²) in [6.45, 7) is 9.78. The molecule has 0 aromatic rings. The summed E-state index contributed by atoms with van der Waals surface area (Å²) in [5.41, 5.74) is 0. The number of hydrogen-bond donors (Lipinski definition) is 1. The van der Waals surface area contributed by atoms with E-state index >= 15 is 0 Å². The van der Waals surface area contributed by atoms with Crippen LogP contribution in [0.2, 0.25) is 0 Å². The molecule has 0 radical (unpaired) electrons. The Morgan fingerprint density at radius 1 is 1.06 bits per heavy atom. The Morgan fingerprint density at radius 3 is 2.38 bits per heavy atom. The summed E-state index contributed by atoms with van der Waals surface area (Å²) in [5.74, 6) is 1.89. The van der Waals surface area contributed by atoms with Crippen molar-refractivity contribution >= 4 is 0 Å². The van der Waals surface area contributed by atoms with E-state index in [0.29, 0.717) is 0 Å². The van der Waals surface area contributed by atoms with Crippen molar-refractivity contribution < 1.29 is 0 Å². The Labute approximate surface area is 101 Å². The van der Waals surface area contributed by atoms with Gasteiger partial charge in [-0.1, -0.05) is 12.8 Å². The molecular weight excluding hydrogens is 196 g/mol. The molecule has 1 heterocycles. The van der Waals surface area contributed by atoms with Gasteiger partial charge in [0.2, 0.25) is 0 Å². The van der Waals surface area contributed by atoms with Gasteiger partial charge in [0, 0.05) is 12.6 Å². The van der Waals surface area contributed by atoms with Gasteiger partial charge in [-0.3, -0.25) is 0 Å². The minimum Gasteiger partial charge on any atom is -0.316 e. The molecule has 0 aromatic carbocycles. The van der Waals surface area contributed by atoms with Crippen LogP contribution in [0, 0.1) is 11.8 Å². The van der Waals surface area contributed by atoms with Crippen LogP contribution in [-0.4, -0.2) is 37.1 Å². The van der Waals surface area contributed by atoms with Gasteiger partial charge >= 0.3 is 0 Å². The van der Waals surface area contributed by atoms with Crippen LogP contribution in [0.15, 0.2) is 0 Å². The zero-order valence-corrected chi connectivity index (χ0v) is 11.0. The maximum atomic E-state index is 3.70. The summed E-state index contributed by atoms with van der Waals surface area (Å²) < 4.78 is 0. The first kappa shape index (κ1) is 12.4. The molecule has 1 N–H and O–H groups in total. The molecule has 1 aliphatic heterocycles. The predicted molar refractivity (Wildman–Crippen MR) is 69.6 cm³/mol. The molecule has 0 spiro atoms. The molecule has 0 aromatic heterocycles. The Kier molecular flexibility index (Phi) is 4.66. The molecule has 2 rings (SSSR count). The molecule has 2 aliphatic rings. The van der Waals surface area contributed by atoms with E-state index in [9.17, 15) is 0 Å². The molecule has 1 atom stereocenters. The number of likely N-dealkylation sites (tertiary alicyclic amines) is 1. The topological polar surface area (TPSA) is 15.3 Å².